The lowest BCUT2D eigenvalue weighted by atomic mass is 10.1. The molecule has 1 N–H and O–H groups in total. The van der Waals surface area contributed by atoms with Crippen molar-refractivity contribution in [1.82, 2.24) is 14.6 Å². The minimum atomic E-state index is -4.46. The number of anilines is 1. The molecule has 3 aromatic rings. The van der Waals surface area contributed by atoms with Crippen LogP contribution in [0.25, 0.3) is 11.3 Å². The average Bonchev–Trinajstić information content (AvgIpc) is 3.50. The van der Waals surface area contributed by atoms with Crippen LogP contribution in [-0.4, -0.2) is 54.7 Å². The monoisotopic (exact) mass is 572 g/mol. The molecule has 3 heterocycles. The number of alkyl halides is 2. The summed E-state index contributed by atoms with van der Waals surface area (Å²) in [5, 5.41) is 2.67. The highest BCUT2D eigenvalue weighted by atomic mass is 32.2. The summed E-state index contributed by atoms with van der Waals surface area (Å²) in [4.78, 5) is 19.9. The molecule has 0 spiro atoms. The minimum Gasteiger partial charge on any atom is -0.354 e. The number of hydrogen-bond donors (Lipinski definition) is 1. The Kier molecular flexibility index (Phi) is 7.62. The molecular formula is C29H31F3N4O3S. The van der Waals surface area contributed by atoms with E-state index in [2.05, 4.69) is 17.1 Å². The van der Waals surface area contributed by atoms with Crippen molar-refractivity contribution in [2.24, 2.45) is 0 Å². The van der Waals surface area contributed by atoms with E-state index in [0.29, 0.717) is 21.6 Å². The fourth-order valence-corrected chi connectivity index (χ4v) is 6.89. The number of nitrogens with zero attached hydrogens (tertiary/aromatic N) is 3. The van der Waals surface area contributed by atoms with Crippen LogP contribution in [0, 0.1) is 12.7 Å². The van der Waals surface area contributed by atoms with Crippen LogP contribution in [-0.2, 0) is 21.4 Å². The molecule has 2 aliphatic rings. The number of aryl methyl sites for hydroxylation is 1. The fourth-order valence-electron chi connectivity index (χ4n) is 5.28. The quantitative estimate of drug-likeness (QED) is 0.436. The fraction of sp³-hybridized carbons (Fsp3) is 0.379. The third kappa shape index (κ3) is 5.85. The molecule has 0 aliphatic carbocycles. The molecule has 1 unspecified atom stereocenters. The first-order valence-corrected chi connectivity index (χ1v) is 14.6. The van der Waals surface area contributed by atoms with E-state index in [1.807, 2.05) is 43.3 Å². The van der Waals surface area contributed by atoms with E-state index >= 15 is 0 Å². The first-order chi connectivity index (χ1) is 18.9. The van der Waals surface area contributed by atoms with Crippen LogP contribution in [0.1, 0.15) is 37.3 Å². The number of amides is 1. The lowest BCUT2D eigenvalue weighted by Crippen LogP contribution is -2.45. The SMILES string of the molecule is Cc1ccc(-c2cc(CNC(=O)[C@@H]3CC(F)(F)CN3S(=O)(=O)c3ccc(F)cc3)cc(N3CCCC3C)n2)cc1. The van der Waals surface area contributed by atoms with Gasteiger partial charge in [0.25, 0.3) is 5.92 Å². The van der Waals surface area contributed by atoms with Gasteiger partial charge in [-0.2, -0.15) is 4.31 Å². The maximum atomic E-state index is 14.4. The van der Waals surface area contributed by atoms with E-state index in [-0.39, 0.29) is 11.4 Å². The number of sulfonamides is 1. The molecule has 0 radical (unpaired) electrons. The Morgan fingerprint density at radius 3 is 2.45 bits per heavy atom. The van der Waals surface area contributed by atoms with Gasteiger partial charge in [-0.25, -0.2) is 26.6 Å². The van der Waals surface area contributed by atoms with E-state index in [1.165, 1.54) is 0 Å². The molecule has 0 saturated carbocycles. The summed E-state index contributed by atoms with van der Waals surface area (Å²) < 4.78 is 69.0. The highest BCUT2D eigenvalue weighted by Crippen LogP contribution is 2.36. The molecule has 2 fully saturated rings. The molecule has 5 rings (SSSR count). The average molecular weight is 573 g/mol. The molecule has 0 bridgehead atoms. The van der Waals surface area contributed by atoms with Gasteiger partial charge in [0.15, 0.2) is 0 Å². The highest BCUT2D eigenvalue weighted by Gasteiger charge is 2.52. The highest BCUT2D eigenvalue weighted by molar-refractivity contribution is 7.89. The Morgan fingerprint density at radius 1 is 1.10 bits per heavy atom. The largest absolute Gasteiger partial charge is 0.354 e. The summed E-state index contributed by atoms with van der Waals surface area (Å²) in [6.07, 6.45) is 1.13. The Hall–Kier alpha value is -3.44. The van der Waals surface area contributed by atoms with Crippen LogP contribution in [0.4, 0.5) is 19.0 Å². The summed E-state index contributed by atoms with van der Waals surface area (Å²) in [6.45, 7) is 3.85. The molecule has 11 heteroatoms. The molecule has 1 aromatic heterocycles. The Labute approximate surface area is 232 Å². The minimum absolute atomic E-state index is 0.00193. The van der Waals surface area contributed by atoms with E-state index < -0.39 is 46.7 Å². The van der Waals surface area contributed by atoms with Gasteiger partial charge in [-0.1, -0.05) is 29.8 Å². The summed E-state index contributed by atoms with van der Waals surface area (Å²) in [6, 6.07) is 14.2. The zero-order valence-electron chi connectivity index (χ0n) is 22.3. The second kappa shape index (κ2) is 10.9. The van der Waals surface area contributed by atoms with Crippen LogP contribution in [0.15, 0.2) is 65.6 Å². The van der Waals surface area contributed by atoms with Gasteiger partial charge in [0.05, 0.1) is 17.1 Å². The number of aromatic nitrogens is 1. The number of halogens is 3. The van der Waals surface area contributed by atoms with Gasteiger partial charge < -0.3 is 10.2 Å². The smallest absolute Gasteiger partial charge is 0.263 e. The summed E-state index contributed by atoms with van der Waals surface area (Å²) in [7, 11) is -4.46. The maximum Gasteiger partial charge on any atom is 0.263 e. The van der Waals surface area contributed by atoms with Crippen LogP contribution in [0.2, 0.25) is 0 Å². The predicted octanol–water partition coefficient (Wildman–Crippen LogP) is 4.90. The second-order valence-electron chi connectivity index (χ2n) is 10.6. The molecule has 2 aliphatic heterocycles. The second-order valence-corrected chi connectivity index (χ2v) is 12.5. The first kappa shape index (κ1) is 28.1. The van der Waals surface area contributed by atoms with Crippen molar-refractivity contribution in [2.45, 2.75) is 62.6 Å². The number of benzene rings is 2. The number of rotatable bonds is 7. The summed E-state index contributed by atoms with van der Waals surface area (Å²) in [5.74, 6) is -4.11. The van der Waals surface area contributed by atoms with Crippen LogP contribution in [0.3, 0.4) is 0 Å². The molecule has 2 saturated heterocycles. The van der Waals surface area contributed by atoms with E-state index in [9.17, 15) is 26.4 Å². The topological polar surface area (TPSA) is 82.6 Å². The summed E-state index contributed by atoms with van der Waals surface area (Å²) >= 11 is 0. The van der Waals surface area contributed by atoms with Gasteiger partial charge in [0.1, 0.15) is 17.7 Å². The molecule has 7 nitrogen and oxygen atoms in total. The third-order valence-corrected chi connectivity index (χ3v) is 9.35. The number of carbonyl (C=O) groups is 1. The van der Waals surface area contributed by atoms with E-state index in [1.54, 1.807) is 0 Å². The van der Waals surface area contributed by atoms with Crippen molar-refractivity contribution in [1.29, 1.82) is 0 Å². The van der Waals surface area contributed by atoms with Crippen LogP contribution < -0.4 is 10.2 Å². The van der Waals surface area contributed by atoms with Crippen molar-refractivity contribution >= 4 is 21.7 Å². The third-order valence-electron chi connectivity index (χ3n) is 7.48. The molecule has 2 aromatic carbocycles. The van der Waals surface area contributed by atoms with Crippen molar-refractivity contribution in [3.8, 4) is 11.3 Å². The lowest BCUT2D eigenvalue weighted by molar-refractivity contribution is -0.124. The number of carbonyl (C=O) groups excluding carboxylic acids is 1. The summed E-state index contributed by atoms with van der Waals surface area (Å²) in [5.41, 5.74) is 3.44. The van der Waals surface area contributed by atoms with Gasteiger partial charge in [-0.05, 0) is 68.7 Å². The first-order valence-electron chi connectivity index (χ1n) is 13.2. The Balaban J connectivity index is 1.40. The van der Waals surface area contributed by atoms with Crippen molar-refractivity contribution in [2.75, 3.05) is 18.0 Å². The van der Waals surface area contributed by atoms with Crippen molar-refractivity contribution in [3.05, 3.63) is 77.6 Å². The number of hydrogen-bond acceptors (Lipinski definition) is 5. The van der Waals surface area contributed by atoms with Gasteiger partial charge in [0.2, 0.25) is 15.9 Å². The van der Waals surface area contributed by atoms with Crippen LogP contribution >= 0.6 is 0 Å². The molecule has 212 valence electrons. The molecule has 2 atom stereocenters. The van der Waals surface area contributed by atoms with Gasteiger partial charge in [-0.15, -0.1) is 0 Å². The molecule has 40 heavy (non-hydrogen) atoms. The predicted molar refractivity (Wildman–Crippen MR) is 146 cm³/mol. The maximum absolute atomic E-state index is 14.4. The zero-order valence-corrected chi connectivity index (χ0v) is 23.1. The molecule has 1 amide bonds. The van der Waals surface area contributed by atoms with Crippen molar-refractivity contribution in [3.63, 3.8) is 0 Å². The normalized spacial score (nSPS) is 21.1. The van der Waals surface area contributed by atoms with Gasteiger partial charge in [0, 0.05) is 31.1 Å². The molecular weight excluding hydrogens is 541 g/mol. The van der Waals surface area contributed by atoms with Crippen molar-refractivity contribution < 1.29 is 26.4 Å². The van der Waals surface area contributed by atoms with E-state index in [4.69, 9.17) is 4.98 Å². The van der Waals surface area contributed by atoms with Crippen LogP contribution in [0.5, 0.6) is 0 Å². The standard InChI is InChI=1S/C29H31F3N4O3S/c1-19-5-7-22(8-6-19)25-14-21(15-27(34-25)35-13-3-4-20(35)2)17-33-28(37)26-16-29(31,32)18-36(26)40(38,39)24-11-9-23(30)10-12-24/h5-12,14-15,20,26H,3-4,13,16-18H2,1-2H3,(H,33,37)/t20?,26-/m0/s1. The number of pyridine rings is 1. The van der Waals surface area contributed by atoms with Gasteiger partial charge in [-0.3, -0.25) is 4.79 Å². The Morgan fingerprint density at radius 2 is 1.80 bits per heavy atom. The lowest BCUT2D eigenvalue weighted by Gasteiger charge is -2.25. The van der Waals surface area contributed by atoms with E-state index in [0.717, 1.165) is 60.6 Å². The zero-order chi connectivity index (χ0) is 28.7. The van der Waals surface area contributed by atoms with Gasteiger partial charge >= 0.3 is 0 Å². The number of nitrogens with one attached hydrogen (secondary N) is 1. The Bertz CT molecular complexity index is 1500.